The number of hydrogen-bond acceptors (Lipinski definition) is 4. The van der Waals surface area contributed by atoms with Crippen LogP contribution in [-0.2, 0) is 0 Å². The molecule has 0 aromatic heterocycles. The van der Waals surface area contributed by atoms with Gasteiger partial charge in [-0.25, -0.2) is 0 Å². The molecule has 0 fully saturated rings. The first-order valence-corrected chi connectivity index (χ1v) is 2.85. The monoisotopic (exact) mass is 162 g/mol. The minimum absolute atomic E-state index is 0.0870. The zero-order valence-electron chi connectivity index (χ0n) is 6.05. The van der Waals surface area contributed by atoms with E-state index in [1.165, 1.54) is 0 Å². The molecule has 0 heterocycles. The molecule has 6 heteroatoms. The Labute approximate surface area is 69.1 Å². The van der Waals surface area contributed by atoms with Crippen molar-refractivity contribution in [3.05, 3.63) is 11.4 Å². The summed E-state index contributed by atoms with van der Waals surface area (Å²) in [6.45, 7) is 0. The van der Waals surface area contributed by atoms with Crippen molar-refractivity contribution in [3.63, 3.8) is 0 Å². The largest absolute Gasteiger partial charge is 0.336 e. The second-order valence-corrected chi connectivity index (χ2v) is 1.55. The maximum Gasteiger partial charge on any atom is 0.153 e. The average Bonchev–Trinajstić information content (AvgIpc) is 2.11. The van der Waals surface area contributed by atoms with Gasteiger partial charge in [0.2, 0.25) is 0 Å². The Morgan fingerprint density at radius 1 is 1.00 bits per heavy atom. The summed E-state index contributed by atoms with van der Waals surface area (Å²) in [5, 5.41) is 34.6. The van der Waals surface area contributed by atoms with E-state index in [0.29, 0.717) is 0 Å². The number of hydrogen-bond donors (Lipinski definition) is 4. The van der Waals surface area contributed by atoms with Gasteiger partial charge in [0.25, 0.3) is 0 Å². The standard InChI is InChI=1S/C6H6N6/c7-1-5(11-3-9)6(2-8)12-4-10/h3-4H,(H2,9,11)(H2,10,12)/b6-5-. The Morgan fingerprint density at radius 2 is 1.33 bits per heavy atom. The lowest BCUT2D eigenvalue weighted by molar-refractivity contribution is 1.08. The van der Waals surface area contributed by atoms with Crippen LogP contribution in [0.5, 0.6) is 0 Å². The lowest BCUT2D eigenvalue weighted by Crippen LogP contribution is -2.18. The summed E-state index contributed by atoms with van der Waals surface area (Å²) in [5.41, 5.74) is -0.174. The van der Waals surface area contributed by atoms with E-state index in [1.807, 2.05) is 0 Å². The van der Waals surface area contributed by atoms with Crippen LogP contribution in [0.3, 0.4) is 0 Å². The number of nitrogens with one attached hydrogen (secondary N) is 4. The molecule has 0 saturated carbocycles. The van der Waals surface area contributed by atoms with Crippen molar-refractivity contribution in [1.82, 2.24) is 10.6 Å². The topological polar surface area (TPSA) is 119 Å². The summed E-state index contributed by atoms with van der Waals surface area (Å²) in [5.74, 6) is 0. The number of nitriles is 2. The number of nitrogens with zero attached hydrogens (tertiary/aromatic N) is 2. The van der Waals surface area contributed by atoms with Crippen LogP contribution >= 0.6 is 0 Å². The highest BCUT2D eigenvalue weighted by molar-refractivity contribution is 5.61. The SMILES string of the molecule is N#C/C(NC=N)=C(\C#N)NC=N. The van der Waals surface area contributed by atoms with Crippen LogP contribution in [0.1, 0.15) is 0 Å². The van der Waals surface area contributed by atoms with Gasteiger partial charge in [-0.1, -0.05) is 0 Å². The van der Waals surface area contributed by atoms with E-state index in [0.717, 1.165) is 12.7 Å². The van der Waals surface area contributed by atoms with Gasteiger partial charge >= 0.3 is 0 Å². The molecule has 0 radical (unpaired) electrons. The van der Waals surface area contributed by atoms with Gasteiger partial charge in [0, 0.05) is 0 Å². The summed E-state index contributed by atoms with van der Waals surface area (Å²) >= 11 is 0. The van der Waals surface area contributed by atoms with E-state index in [9.17, 15) is 0 Å². The summed E-state index contributed by atoms with van der Waals surface area (Å²) in [6.07, 6.45) is 1.56. The molecule has 0 amide bonds. The molecule has 6 nitrogen and oxygen atoms in total. The smallest absolute Gasteiger partial charge is 0.153 e. The predicted octanol–water partition coefficient (Wildman–Crippen LogP) is -0.362. The van der Waals surface area contributed by atoms with Crippen LogP contribution in [0.2, 0.25) is 0 Å². The lowest BCUT2D eigenvalue weighted by Gasteiger charge is -1.99. The molecule has 0 bridgehead atoms. The van der Waals surface area contributed by atoms with E-state index >= 15 is 0 Å². The van der Waals surface area contributed by atoms with Gasteiger partial charge in [0.05, 0.1) is 12.7 Å². The Hall–Kier alpha value is -2.34. The van der Waals surface area contributed by atoms with Crippen molar-refractivity contribution in [2.24, 2.45) is 0 Å². The van der Waals surface area contributed by atoms with Crippen LogP contribution in [0.15, 0.2) is 11.4 Å². The van der Waals surface area contributed by atoms with Crippen LogP contribution < -0.4 is 10.6 Å². The molecule has 0 aliphatic carbocycles. The minimum Gasteiger partial charge on any atom is -0.336 e. The zero-order chi connectivity index (χ0) is 9.40. The van der Waals surface area contributed by atoms with Crippen LogP contribution in [-0.4, -0.2) is 12.7 Å². The van der Waals surface area contributed by atoms with Gasteiger partial charge in [-0.15, -0.1) is 0 Å². The van der Waals surface area contributed by atoms with Crippen molar-refractivity contribution in [3.8, 4) is 12.1 Å². The molecular formula is C6H6N6. The van der Waals surface area contributed by atoms with Crippen LogP contribution in [0.25, 0.3) is 0 Å². The fourth-order valence-electron chi connectivity index (χ4n) is 0.465. The molecule has 0 aromatic rings. The van der Waals surface area contributed by atoms with Gasteiger partial charge in [0.15, 0.2) is 11.4 Å². The third-order valence-corrected chi connectivity index (χ3v) is 0.907. The first-order chi connectivity index (χ1) is 5.79. The quantitative estimate of drug-likeness (QED) is 0.256. The third-order valence-electron chi connectivity index (χ3n) is 0.907. The maximum atomic E-state index is 8.45. The highest BCUT2D eigenvalue weighted by atomic mass is 15.0. The molecule has 60 valence electrons. The Kier molecular flexibility index (Phi) is 4.38. The van der Waals surface area contributed by atoms with Crippen LogP contribution in [0, 0.1) is 33.5 Å². The lowest BCUT2D eigenvalue weighted by atomic mass is 10.3. The molecule has 4 N–H and O–H groups in total. The maximum absolute atomic E-state index is 8.45. The predicted molar refractivity (Wildman–Crippen MR) is 42.1 cm³/mol. The first-order valence-electron chi connectivity index (χ1n) is 2.85. The molecule has 0 aromatic carbocycles. The highest BCUT2D eigenvalue weighted by Crippen LogP contribution is 1.92. The Morgan fingerprint density at radius 3 is 1.50 bits per heavy atom. The summed E-state index contributed by atoms with van der Waals surface area (Å²) in [6, 6.07) is 3.34. The molecule has 0 aliphatic rings. The van der Waals surface area contributed by atoms with Crippen molar-refractivity contribution >= 4 is 12.7 Å². The molecule has 0 atom stereocenters. The van der Waals surface area contributed by atoms with Crippen molar-refractivity contribution in [2.75, 3.05) is 0 Å². The van der Waals surface area contributed by atoms with E-state index in [2.05, 4.69) is 10.6 Å². The van der Waals surface area contributed by atoms with E-state index < -0.39 is 0 Å². The first kappa shape index (κ1) is 9.66. The normalized spacial score (nSPS) is 9.83. The van der Waals surface area contributed by atoms with E-state index in [1.54, 1.807) is 12.1 Å². The van der Waals surface area contributed by atoms with E-state index in [-0.39, 0.29) is 11.4 Å². The van der Waals surface area contributed by atoms with Gasteiger partial charge in [-0.2, -0.15) is 10.5 Å². The van der Waals surface area contributed by atoms with Gasteiger partial charge < -0.3 is 10.6 Å². The van der Waals surface area contributed by atoms with Crippen molar-refractivity contribution < 1.29 is 0 Å². The summed E-state index contributed by atoms with van der Waals surface area (Å²) < 4.78 is 0. The number of rotatable bonds is 4. The number of allylic oxidation sites excluding steroid dienone is 2. The van der Waals surface area contributed by atoms with Crippen molar-refractivity contribution in [1.29, 1.82) is 21.3 Å². The molecule has 0 unspecified atom stereocenters. The molecular weight excluding hydrogens is 156 g/mol. The molecule has 0 rings (SSSR count). The zero-order valence-corrected chi connectivity index (χ0v) is 6.05. The van der Waals surface area contributed by atoms with Gasteiger partial charge in [-0.3, -0.25) is 10.8 Å². The minimum atomic E-state index is -0.0870. The molecule has 0 spiro atoms. The van der Waals surface area contributed by atoms with Gasteiger partial charge in [0.1, 0.15) is 12.1 Å². The summed E-state index contributed by atoms with van der Waals surface area (Å²) in [4.78, 5) is 0. The second kappa shape index (κ2) is 5.45. The van der Waals surface area contributed by atoms with Gasteiger partial charge in [-0.05, 0) is 0 Å². The highest BCUT2D eigenvalue weighted by Gasteiger charge is 2.01. The molecule has 0 saturated heterocycles. The second-order valence-electron chi connectivity index (χ2n) is 1.55. The molecule has 0 aliphatic heterocycles. The Bertz CT molecular complexity index is 258. The summed E-state index contributed by atoms with van der Waals surface area (Å²) in [7, 11) is 0. The average molecular weight is 162 g/mol. The van der Waals surface area contributed by atoms with Crippen molar-refractivity contribution in [2.45, 2.75) is 0 Å². The fourth-order valence-corrected chi connectivity index (χ4v) is 0.465. The molecule has 12 heavy (non-hydrogen) atoms. The Balaban J connectivity index is 4.78. The fraction of sp³-hybridized carbons (Fsp3) is 0. The van der Waals surface area contributed by atoms with E-state index in [4.69, 9.17) is 21.3 Å². The van der Waals surface area contributed by atoms with Crippen LogP contribution in [0.4, 0.5) is 0 Å². The third kappa shape index (κ3) is 2.50.